The van der Waals surface area contributed by atoms with E-state index >= 15 is 0 Å². The molecule has 0 aliphatic heterocycles. The van der Waals surface area contributed by atoms with Gasteiger partial charge in [-0.3, -0.25) is 4.40 Å². The number of carbonyl (C=O) groups excluding carboxylic acids is 1. The van der Waals surface area contributed by atoms with Crippen LogP contribution in [-0.4, -0.2) is 22.0 Å². The van der Waals surface area contributed by atoms with Crippen molar-refractivity contribution in [1.82, 2.24) is 9.38 Å². The standard InChI is InChI=1S/C19H16N2O2/c1-3-23-19(22)17-12(2)16-11-13-7-6-10-20-18(13)21(16)15-9-5-4-8-14(15)17/h4-11H,3H2,1-2H3. The van der Waals surface area contributed by atoms with Crippen molar-refractivity contribution in [2.75, 3.05) is 6.61 Å². The lowest BCUT2D eigenvalue weighted by atomic mass is 10.0. The topological polar surface area (TPSA) is 43.6 Å². The van der Waals surface area contributed by atoms with Crippen molar-refractivity contribution in [2.24, 2.45) is 0 Å². The van der Waals surface area contributed by atoms with Crippen LogP contribution >= 0.6 is 0 Å². The van der Waals surface area contributed by atoms with Crippen LogP contribution in [0.2, 0.25) is 0 Å². The highest BCUT2D eigenvalue weighted by molar-refractivity contribution is 6.09. The van der Waals surface area contributed by atoms with Crippen molar-refractivity contribution >= 4 is 33.4 Å². The Balaban J connectivity index is 2.24. The zero-order valence-corrected chi connectivity index (χ0v) is 13.0. The first-order valence-electron chi connectivity index (χ1n) is 7.67. The van der Waals surface area contributed by atoms with Crippen LogP contribution in [0.3, 0.4) is 0 Å². The number of fused-ring (bicyclic) bond motifs is 5. The predicted molar refractivity (Wildman–Crippen MR) is 90.9 cm³/mol. The van der Waals surface area contributed by atoms with E-state index in [1.54, 1.807) is 6.20 Å². The molecule has 0 fully saturated rings. The maximum atomic E-state index is 12.5. The predicted octanol–water partition coefficient (Wildman–Crippen LogP) is 4.13. The average Bonchev–Trinajstić information content (AvgIpc) is 2.95. The fourth-order valence-corrected chi connectivity index (χ4v) is 3.23. The van der Waals surface area contributed by atoms with Gasteiger partial charge in [-0.2, -0.15) is 0 Å². The van der Waals surface area contributed by atoms with E-state index < -0.39 is 0 Å². The van der Waals surface area contributed by atoms with Crippen molar-refractivity contribution in [3.05, 3.63) is 59.8 Å². The van der Waals surface area contributed by atoms with Crippen LogP contribution in [0.1, 0.15) is 22.8 Å². The summed E-state index contributed by atoms with van der Waals surface area (Å²) in [5.74, 6) is -0.276. The first-order chi connectivity index (χ1) is 11.2. The quantitative estimate of drug-likeness (QED) is 0.523. The molecule has 0 aliphatic carbocycles. The zero-order valence-electron chi connectivity index (χ0n) is 13.0. The molecule has 0 aliphatic rings. The molecule has 4 rings (SSSR count). The van der Waals surface area contributed by atoms with Crippen molar-refractivity contribution in [1.29, 1.82) is 0 Å². The molecule has 0 radical (unpaired) electrons. The number of aromatic nitrogens is 2. The minimum atomic E-state index is -0.276. The van der Waals surface area contributed by atoms with Crippen LogP contribution in [-0.2, 0) is 4.74 Å². The second-order valence-corrected chi connectivity index (χ2v) is 5.52. The van der Waals surface area contributed by atoms with E-state index in [0.29, 0.717) is 12.2 Å². The molecule has 0 N–H and O–H groups in total. The lowest BCUT2D eigenvalue weighted by Crippen LogP contribution is -2.09. The monoisotopic (exact) mass is 304 g/mol. The Hall–Kier alpha value is -2.88. The number of carbonyl (C=O) groups is 1. The molecule has 4 nitrogen and oxygen atoms in total. The summed E-state index contributed by atoms with van der Waals surface area (Å²) < 4.78 is 7.39. The molecule has 3 heterocycles. The van der Waals surface area contributed by atoms with Crippen LogP contribution in [0, 0.1) is 6.92 Å². The highest BCUT2D eigenvalue weighted by Gasteiger charge is 2.20. The van der Waals surface area contributed by atoms with Crippen molar-refractivity contribution in [2.45, 2.75) is 13.8 Å². The molecule has 1 aromatic carbocycles. The van der Waals surface area contributed by atoms with Crippen molar-refractivity contribution in [3.8, 4) is 0 Å². The SMILES string of the molecule is CCOC(=O)c1c(C)c2cc3cccnc3n2c2ccccc12. The molecule has 0 amide bonds. The molecule has 0 unspecified atom stereocenters. The lowest BCUT2D eigenvalue weighted by molar-refractivity contribution is 0.0528. The van der Waals surface area contributed by atoms with Crippen molar-refractivity contribution < 1.29 is 9.53 Å². The number of hydrogen-bond donors (Lipinski definition) is 0. The Bertz CT molecular complexity index is 1060. The van der Waals surface area contributed by atoms with E-state index in [0.717, 1.165) is 33.0 Å². The second-order valence-electron chi connectivity index (χ2n) is 5.52. The van der Waals surface area contributed by atoms with E-state index in [-0.39, 0.29) is 5.97 Å². The number of rotatable bonds is 2. The molecule has 0 atom stereocenters. The third-order valence-corrected chi connectivity index (χ3v) is 4.21. The number of para-hydroxylation sites is 1. The van der Waals surface area contributed by atoms with Gasteiger partial charge in [0.05, 0.1) is 23.2 Å². The lowest BCUT2D eigenvalue weighted by Gasteiger charge is -2.13. The number of benzene rings is 1. The zero-order chi connectivity index (χ0) is 16.0. The van der Waals surface area contributed by atoms with Gasteiger partial charge in [0.25, 0.3) is 0 Å². The summed E-state index contributed by atoms with van der Waals surface area (Å²) in [4.78, 5) is 17.0. The third-order valence-electron chi connectivity index (χ3n) is 4.21. The van der Waals surface area contributed by atoms with Crippen LogP contribution in [0.25, 0.3) is 27.5 Å². The Morgan fingerprint density at radius 2 is 2.00 bits per heavy atom. The second kappa shape index (κ2) is 5.09. The first-order valence-corrected chi connectivity index (χ1v) is 7.67. The molecule has 0 bridgehead atoms. The van der Waals surface area contributed by atoms with E-state index in [2.05, 4.69) is 15.5 Å². The number of hydrogen-bond acceptors (Lipinski definition) is 3. The summed E-state index contributed by atoms with van der Waals surface area (Å²) >= 11 is 0. The van der Waals surface area contributed by atoms with Crippen LogP contribution in [0.4, 0.5) is 0 Å². The van der Waals surface area contributed by atoms with Crippen LogP contribution in [0.15, 0.2) is 48.7 Å². The molecule has 23 heavy (non-hydrogen) atoms. The minimum absolute atomic E-state index is 0.276. The summed E-state index contributed by atoms with van der Waals surface area (Å²) in [7, 11) is 0. The third kappa shape index (κ3) is 1.91. The average molecular weight is 304 g/mol. The van der Waals surface area contributed by atoms with Gasteiger partial charge >= 0.3 is 5.97 Å². The largest absolute Gasteiger partial charge is 0.462 e. The Kier molecular flexibility index (Phi) is 3.05. The number of nitrogens with zero attached hydrogens (tertiary/aromatic N) is 2. The maximum absolute atomic E-state index is 12.5. The molecular formula is C19H16N2O2. The van der Waals surface area contributed by atoms with Crippen LogP contribution in [0.5, 0.6) is 0 Å². The summed E-state index contributed by atoms with van der Waals surface area (Å²) in [5, 5.41) is 1.95. The molecule has 0 saturated heterocycles. The first kappa shape index (κ1) is 13.8. The summed E-state index contributed by atoms with van der Waals surface area (Å²) in [6.07, 6.45) is 1.79. The normalized spacial score (nSPS) is 11.4. The Morgan fingerprint density at radius 1 is 1.17 bits per heavy atom. The van der Waals surface area contributed by atoms with Gasteiger partial charge in [-0.15, -0.1) is 0 Å². The molecule has 114 valence electrons. The Labute approximate surface area is 133 Å². The number of pyridine rings is 2. The molecular weight excluding hydrogens is 288 g/mol. The summed E-state index contributed by atoms with van der Waals surface area (Å²) in [5.41, 5.74) is 4.40. The fraction of sp³-hybridized carbons (Fsp3) is 0.158. The number of ether oxygens (including phenoxy) is 1. The number of esters is 1. The molecule has 4 heteroatoms. The highest BCUT2D eigenvalue weighted by atomic mass is 16.5. The van der Waals surface area contributed by atoms with Gasteiger partial charge in [0.15, 0.2) is 0 Å². The summed E-state index contributed by atoms with van der Waals surface area (Å²) in [6, 6.07) is 13.9. The van der Waals surface area contributed by atoms with E-state index in [9.17, 15) is 4.79 Å². The van der Waals surface area contributed by atoms with E-state index in [4.69, 9.17) is 4.74 Å². The van der Waals surface area contributed by atoms with Gasteiger partial charge in [0.1, 0.15) is 5.65 Å². The van der Waals surface area contributed by atoms with Crippen LogP contribution < -0.4 is 0 Å². The maximum Gasteiger partial charge on any atom is 0.339 e. The van der Waals surface area contributed by atoms with Gasteiger partial charge in [0.2, 0.25) is 0 Å². The minimum Gasteiger partial charge on any atom is -0.462 e. The molecule has 4 aromatic rings. The van der Waals surface area contributed by atoms with Gasteiger partial charge < -0.3 is 4.74 Å². The Morgan fingerprint density at radius 3 is 2.83 bits per heavy atom. The van der Waals surface area contributed by atoms with Gasteiger partial charge in [-0.05, 0) is 43.7 Å². The van der Waals surface area contributed by atoms with Gasteiger partial charge in [-0.1, -0.05) is 18.2 Å². The highest BCUT2D eigenvalue weighted by Crippen LogP contribution is 2.31. The summed E-state index contributed by atoms with van der Waals surface area (Å²) in [6.45, 7) is 4.15. The molecule has 0 spiro atoms. The smallest absolute Gasteiger partial charge is 0.339 e. The van der Waals surface area contributed by atoms with E-state index in [1.165, 1.54) is 0 Å². The fourth-order valence-electron chi connectivity index (χ4n) is 3.23. The van der Waals surface area contributed by atoms with E-state index in [1.807, 2.05) is 50.2 Å². The van der Waals surface area contributed by atoms with Gasteiger partial charge in [0, 0.05) is 17.0 Å². The van der Waals surface area contributed by atoms with Crippen molar-refractivity contribution in [3.63, 3.8) is 0 Å². The molecule has 0 saturated carbocycles. The number of aryl methyl sites for hydroxylation is 1. The molecule has 3 aromatic heterocycles. The van der Waals surface area contributed by atoms with Gasteiger partial charge in [-0.25, -0.2) is 9.78 Å².